The Balaban J connectivity index is 3.02. The number of carbonyl (C=O) groups excluding carboxylic acids is 3. The van der Waals surface area contributed by atoms with Gasteiger partial charge in [0, 0.05) is 12.8 Å². The van der Waals surface area contributed by atoms with E-state index >= 15 is 0 Å². The van der Waals surface area contributed by atoms with Crippen LogP contribution in [-0.4, -0.2) is 75.1 Å². The van der Waals surface area contributed by atoms with E-state index in [0.717, 1.165) is 0 Å². The van der Waals surface area contributed by atoms with Gasteiger partial charge in [-0.3, -0.25) is 28.8 Å². The van der Waals surface area contributed by atoms with Crippen LogP contribution in [0.25, 0.3) is 0 Å². The van der Waals surface area contributed by atoms with Gasteiger partial charge in [-0.1, -0.05) is 30.3 Å². The summed E-state index contributed by atoms with van der Waals surface area (Å²) in [7, 11) is 0. The zero-order chi connectivity index (χ0) is 25.8. The van der Waals surface area contributed by atoms with Crippen LogP contribution in [0.4, 0.5) is 0 Å². The number of carbonyl (C=O) groups is 6. The van der Waals surface area contributed by atoms with E-state index in [2.05, 4.69) is 16.0 Å². The van der Waals surface area contributed by atoms with Crippen LogP contribution in [0, 0.1) is 0 Å². The number of carboxylic acid groups (broad SMARTS) is 3. The number of amides is 3. The predicted molar refractivity (Wildman–Crippen MR) is 116 cm³/mol. The van der Waals surface area contributed by atoms with E-state index in [9.17, 15) is 28.8 Å². The Labute approximate surface area is 194 Å². The smallest absolute Gasteiger partial charge is 0.325 e. The number of carboxylic acids is 3. The molecule has 0 bridgehead atoms. The Morgan fingerprint density at radius 1 is 0.824 bits per heavy atom. The van der Waals surface area contributed by atoms with Crippen LogP contribution in [0.3, 0.4) is 0 Å². The average molecular weight is 480 g/mol. The van der Waals surface area contributed by atoms with Gasteiger partial charge >= 0.3 is 17.9 Å². The van der Waals surface area contributed by atoms with Gasteiger partial charge in [0.15, 0.2) is 0 Å². The molecule has 0 heterocycles. The summed E-state index contributed by atoms with van der Waals surface area (Å²) < 4.78 is 0. The topological polar surface area (TPSA) is 225 Å². The number of hydrogen-bond donors (Lipinski definition) is 7. The van der Waals surface area contributed by atoms with Gasteiger partial charge in [-0.25, -0.2) is 0 Å². The highest BCUT2D eigenvalue weighted by Crippen LogP contribution is 2.06. The quantitative estimate of drug-likeness (QED) is 0.162. The number of rotatable bonds is 14. The summed E-state index contributed by atoms with van der Waals surface area (Å²) in [5.74, 6) is -6.70. The van der Waals surface area contributed by atoms with Crippen molar-refractivity contribution in [3.63, 3.8) is 0 Å². The van der Waals surface area contributed by atoms with E-state index in [4.69, 9.17) is 21.1 Å². The number of hydrogen-bond acceptors (Lipinski definition) is 7. The fourth-order valence-corrected chi connectivity index (χ4v) is 2.78. The van der Waals surface area contributed by atoms with E-state index in [1.807, 2.05) is 0 Å². The maximum Gasteiger partial charge on any atom is 0.325 e. The summed E-state index contributed by atoms with van der Waals surface area (Å²) in [6.45, 7) is 1.23. The van der Waals surface area contributed by atoms with Crippen LogP contribution in [-0.2, 0) is 35.2 Å². The third-order valence-corrected chi connectivity index (χ3v) is 4.66. The van der Waals surface area contributed by atoms with Crippen molar-refractivity contribution in [2.45, 2.75) is 56.8 Å². The lowest BCUT2D eigenvalue weighted by Crippen LogP contribution is -2.57. The summed E-state index contributed by atoms with van der Waals surface area (Å²) in [5, 5.41) is 33.6. The molecule has 13 heteroatoms. The molecular formula is C21H28N4O9. The minimum Gasteiger partial charge on any atom is -0.481 e. The molecular weight excluding hydrogens is 452 g/mol. The molecule has 0 saturated carbocycles. The van der Waals surface area contributed by atoms with Crippen LogP contribution in [0.1, 0.15) is 31.7 Å². The van der Waals surface area contributed by atoms with Gasteiger partial charge in [-0.2, -0.15) is 0 Å². The predicted octanol–water partition coefficient (Wildman–Crippen LogP) is -1.55. The lowest BCUT2D eigenvalue weighted by Gasteiger charge is -2.24. The Kier molecular flexibility index (Phi) is 11.2. The van der Waals surface area contributed by atoms with Crippen molar-refractivity contribution in [3.05, 3.63) is 35.9 Å². The van der Waals surface area contributed by atoms with Crippen LogP contribution in [0.2, 0.25) is 0 Å². The molecule has 4 unspecified atom stereocenters. The Morgan fingerprint density at radius 3 is 1.91 bits per heavy atom. The molecule has 0 aliphatic carbocycles. The van der Waals surface area contributed by atoms with Crippen molar-refractivity contribution in [1.29, 1.82) is 0 Å². The monoisotopic (exact) mass is 480 g/mol. The minimum atomic E-state index is -1.62. The Morgan fingerprint density at radius 2 is 1.38 bits per heavy atom. The van der Waals surface area contributed by atoms with Crippen molar-refractivity contribution in [3.8, 4) is 0 Å². The van der Waals surface area contributed by atoms with E-state index in [0.29, 0.717) is 5.56 Å². The van der Waals surface area contributed by atoms with Crippen LogP contribution < -0.4 is 21.7 Å². The highest BCUT2D eigenvalue weighted by molar-refractivity contribution is 5.95. The first kappa shape index (κ1) is 28.0. The molecule has 4 atom stereocenters. The van der Waals surface area contributed by atoms with Gasteiger partial charge in [0.1, 0.15) is 18.1 Å². The summed E-state index contributed by atoms with van der Waals surface area (Å²) in [6.07, 6.45) is -1.54. The van der Waals surface area contributed by atoms with Crippen molar-refractivity contribution >= 4 is 35.6 Å². The van der Waals surface area contributed by atoms with Crippen LogP contribution in [0.5, 0.6) is 0 Å². The standard InChI is InChI=1S/C21H28N4O9/c1-11(21(33)34)23-19(31)14(9-12-5-3-2-4-6-12)25-20(32)15(10-17(28)29)24-18(30)13(22)7-8-16(26)27/h2-6,11,13-15H,7-10,22H2,1H3,(H,23,31)(H,24,30)(H,25,32)(H,26,27)(H,28,29)(H,33,34). The highest BCUT2D eigenvalue weighted by atomic mass is 16.4. The highest BCUT2D eigenvalue weighted by Gasteiger charge is 2.31. The van der Waals surface area contributed by atoms with Crippen molar-refractivity contribution in [1.82, 2.24) is 16.0 Å². The van der Waals surface area contributed by atoms with Gasteiger partial charge in [-0.15, -0.1) is 0 Å². The molecule has 0 saturated heterocycles. The van der Waals surface area contributed by atoms with E-state index in [-0.39, 0.29) is 12.8 Å². The SMILES string of the molecule is CC(NC(=O)C(Cc1ccccc1)NC(=O)C(CC(=O)O)NC(=O)C(N)CCC(=O)O)C(=O)O. The molecule has 0 spiro atoms. The maximum atomic E-state index is 12.8. The molecule has 0 radical (unpaired) electrons. The lowest BCUT2D eigenvalue weighted by atomic mass is 10.0. The average Bonchev–Trinajstić information content (AvgIpc) is 2.76. The molecule has 0 fully saturated rings. The number of aliphatic carboxylic acids is 3. The van der Waals surface area contributed by atoms with E-state index in [1.54, 1.807) is 30.3 Å². The third-order valence-electron chi connectivity index (χ3n) is 4.66. The fraction of sp³-hybridized carbons (Fsp3) is 0.429. The second kappa shape index (κ2) is 13.5. The molecule has 34 heavy (non-hydrogen) atoms. The number of nitrogens with one attached hydrogen (secondary N) is 3. The van der Waals surface area contributed by atoms with Crippen molar-refractivity contribution < 1.29 is 44.1 Å². The molecule has 0 aromatic heterocycles. The van der Waals surface area contributed by atoms with Crippen molar-refractivity contribution in [2.24, 2.45) is 5.73 Å². The maximum absolute atomic E-state index is 12.8. The summed E-state index contributed by atoms with van der Waals surface area (Å²) in [6, 6.07) is 2.99. The van der Waals surface area contributed by atoms with E-state index in [1.165, 1.54) is 6.92 Å². The lowest BCUT2D eigenvalue weighted by molar-refractivity contribution is -0.143. The normalized spacial score (nSPS) is 14.1. The number of benzene rings is 1. The van der Waals surface area contributed by atoms with Crippen molar-refractivity contribution in [2.75, 3.05) is 0 Å². The second-order valence-electron chi connectivity index (χ2n) is 7.52. The molecule has 186 valence electrons. The fourth-order valence-electron chi connectivity index (χ4n) is 2.78. The van der Waals surface area contributed by atoms with Gasteiger partial charge < -0.3 is 37.0 Å². The molecule has 0 aliphatic heterocycles. The number of nitrogens with two attached hydrogens (primary N) is 1. The van der Waals surface area contributed by atoms with Gasteiger partial charge in [0.25, 0.3) is 0 Å². The molecule has 0 aliphatic rings. The van der Waals surface area contributed by atoms with E-state index < -0.39 is 72.6 Å². The minimum absolute atomic E-state index is 0.0450. The zero-order valence-corrected chi connectivity index (χ0v) is 18.4. The summed E-state index contributed by atoms with van der Waals surface area (Å²) in [4.78, 5) is 70.7. The first-order valence-corrected chi connectivity index (χ1v) is 10.3. The van der Waals surface area contributed by atoms with Gasteiger partial charge in [0.05, 0.1) is 12.5 Å². The molecule has 8 N–H and O–H groups in total. The molecule has 3 amide bonds. The first-order chi connectivity index (χ1) is 15.9. The zero-order valence-electron chi connectivity index (χ0n) is 18.4. The summed E-state index contributed by atoms with van der Waals surface area (Å²) in [5.41, 5.74) is 6.23. The Hall–Kier alpha value is -4.00. The third kappa shape index (κ3) is 10.1. The largest absolute Gasteiger partial charge is 0.481 e. The molecule has 1 aromatic carbocycles. The molecule has 13 nitrogen and oxygen atoms in total. The van der Waals surface area contributed by atoms with Gasteiger partial charge in [0.2, 0.25) is 17.7 Å². The molecule has 1 rings (SSSR count). The first-order valence-electron chi connectivity index (χ1n) is 10.3. The van der Waals surface area contributed by atoms with Gasteiger partial charge in [-0.05, 0) is 18.9 Å². The molecule has 1 aromatic rings. The summed E-state index contributed by atoms with van der Waals surface area (Å²) >= 11 is 0. The second-order valence-corrected chi connectivity index (χ2v) is 7.52. The van der Waals surface area contributed by atoms with Crippen LogP contribution >= 0.6 is 0 Å². The van der Waals surface area contributed by atoms with Crippen LogP contribution in [0.15, 0.2) is 30.3 Å². The Bertz CT molecular complexity index is 907.